The molecule has 2 aliphatic rings. The lowest BCUT2D eigenvalue weighted by Crippen LogP contribution is -2.42. The number of alkyl halides is 3. The number of carbonyl (C=O) groups excluding carboxylic acids is 1. The van der Waals surface area contributed by atoms with E-state index in [0.29, 0.717) is 12.8 Å². The van der Waals surface area contributed by atoms with Gasteiger partial charge in [-0.3, -0.25) is 4.79 Å². The van der Waals surface area contributed by atoms with Crippen molar-refractivity contribution in [3.05, 3.63) is 0 Å². The van der Waals surface area contributed by atoms with Gasteiger partial charge in [0.05, 0.1) is 0 Å². The van der Waals surface area contributed by atoms with Crippen molar-refractivity contribution in [2.45, 2.75) is 334 Å². The minimum absolute atomic E-state index is 0.248. The van der Waals surface area contributed by atoms with Crippen molar-refractivity contribution in [2.24, 2.45) is 0 Å². The van der Waals surface area contributed by atoms with E-state index in [2.05, 4.69) is 0 Å². The molecule has 1 heterocycles. The standard InChI is InChI=1S/C28H56.C27H50F3NO/c1-2-4-6-8-10-12-14-16-18-20-22-24-26-28-27-25-23-21-19-17-15-13-11-9-7-5-3-1;28-27(29,30)26(32)31-24-22-20-18-16-14-12-10-8-6-4-2-1-3-5-7-9-11-13-15-17-19-21-23-25-31/h1-28H2;1-25H2. The molecule has 358 valence electrons. The highest BCUT2D eigenvalue weighted by molar-refractivity contribution is 5.81. The molecule has 60 heavy (non-hydrogen) atoms. The van der Waals surface area contributed by atoms with Gasteiger partial charge >= 0.3 is 12.1 Å². The molecule has 2 nitrogen and oxygen atoms in total. The second kappa shape index (κ2) is 46.3. The van der Waals surface area contributed by atoms with Crippen molar-refractivity contribution in [1.29, 1.82) is 0 Å². The average molecular weight is 854 g/mol. The van der Waals surface area contributed by atoms with Crippen molar-refractivity contribution in [3.8, 4) is 0 Å². The van der Waals surface area contributed by atoms with Gasteiger partial charge in [0.1, 0.15) is 0 Å². The lowest BCUT2D eigenvalue weighted by molar-refractivity contribution is -0.185. The molecule has 2 rings (SSSR count). The molecule has 1 aliphatic heterocycles. The predicted molar refractivity (Wildman–Crippen MR) is 258 cm³/mol. The molecule has 1 amide bonds. The van der Waals surface area contributed by atoms with Gasteiger partial charge in [-0.15, -0.1) is 0 Å². The Hall–Kier alpha value is -0.740. The van der Waals surface area contributed by atoms with Gasteiger partial charge in [-0.25, -0.2) is 0 Å². The highest BCUT2D eigenvalue weighted by atomic mass is 19.4. The third-order valence-electron chi connectivity index (χ3n) is 13.9. The fraction of sp³-hybridized carbons (Fsp3) is 0.982. The van der Waals surface area contributed by atoms with Crippen LogP contribution in [0.25, 0.3) is 0 Å². The number of amides is 1. The van der Waals surface area contributed by atoms with E-state index in [1.54, 1.807) is 0 Å². The van der Waals surface area contributed by atoms with Crippen LogP contribution in [-0.2, 0) is 4.79 Å². The molecule has 1 aliphatic carbocycles. The number of hydrogen-bond acceptors (Lipinski definition) is 1. The average Bonchev–Trinajstić information content (AvgIpc) is 3.23. The van der Waals surface area contributed by atoms with E-state index in [9.17, 15) is 18.0 Å². The summed E-state index contributed by atoms with van der Waals surface area (Å²) in [6, 6.07) is 0. The van der Waals surface area contributed by atoms with Gasteiger partial charge in [0.2, 0.25) is 0 Å². The van der Waals surface area contributed by atoms with Gasteiger partial charge in [0.15, 0.2) is 0 Å². The lowest BCUT2D eigenvalue weighted by atomic mass is 10.0. The summed E-state index contributed by atoms with van der Waals surface area (Å²) in [6.07, 6.45) is 64.9. The molecule has 0 bridgehead atoms. The lowest BCUT2D eigenvalue weighted by Gasteiger charge is -2.23. The summed E-state index contributed by atoms with van der Waals surface area (Å²) >= 11 is 0. The van der Waals surface area contributed by atoms with E-state index >= 15 is 0 Å². The molecule has 2 fully saturated rings. The van der Waals surface area contributed by atoms with E-state index in [-0.39, 0.29) is 13.1 Å². The first-order valence-electron chi connectivity index (χ1n) is 27.9. The molecular weight excluding hydrogens is 748 g/mol. The highest BCUT2D eigenvalue weighted by Gasteiger charge is 2.42. The highest BCUT2D eigenvalue weighted by Crippen LogP contribution is 2.22. The Morgan fingerprint density at radius 2 is 0.317 bits per heavy atom. The molecule has 1 saturated heterocycles. The molecular formula is C55H106F3NO. The van der Waals surface area contributed by atoms with Crippen molar-refractivity contribution < 1.29 is 18.0 Å². The first-order chi connectivity index (χ1) is 29.5. The van der Waals surface area contributed by atoms with Gasteiger partial charge in [-0.05, 0) is 12.8 Å². The molecule has 0 spiro atoms. The second-order valence-electron chi connectivity index (χ2n) is 19.8. The van der Waals surface area contributed by atoms with Crippen molar-refractivity contribution in [3.63, 3.8) is 0 Å². The second-order valence-corrected chi connectivity index (χ2v) is 19.8. The van der Waals surface area contributed by atoms with E-state index in [4.69, 9.17) is 0 Å². The number of halogens is 3. The zero-order chi connectivity index (χ0) is 43.1. The SMILES string of the molecule is C1CCCCCCCCCCCCCCCCCCCCCCCCCCC1.O=C(N1CCCCCCCCCCCCCCCCCCCCCCCCC1)C(F)(F)F. The first-order valence-corrected chi connectivity index (χ1v) is 27.9. The minimum atomic E-state index is -4.75. The summed E-state index contributed by atoms with van der Waals surface area (Å²) in [5, 5.41) is 0. The molecule has 5 heteroatoms. The maximum absolute atomic E-state index is 12.9. The summed E-state index contributed by atoms with van der Waals surface area (Å²) < 4.78 is 38.8. The molecule has 0 unspecified atom stereocenters. The van der Waals surface area contributed by atoms with Gasteiger partial charge < -0.3 is 4.90 Å². The van der Waals surface area contributed by atoms with Gasteiger partial charge in [-0.2, -0.15) is 13.2 Å². The molecule has 0 aromatic rings. The summed E-state index contributed by atoms with van der Waals surface area (Å²) in [7, 11) is 0. The monoisotopic (exact) mass is 854 g/mol. The van der Waals surface area contributed by atoms with Crippen LogP contribution in [0.3, 0.4) is 0 Å². The smallest absolute Gasteiger partial charge is 0.335 e. The molecule has 1 saturated carbocycles. The largest absolute Gasteiger partial charge is 0.471 e. The van der Waals surface area contributed by atoms with E-state index in [1.807, 2.05) is 0 Å². The van der Waals surface area contributed by atoms with Gasteiger partial charge in [0, 0.05) is 13.1 Å². The third-order valence-corrected chi connectivity index (χ3v) is 13.9. The van der Waals surface area contributed by atoms with Crippen LogP contribution in [-0.4, -0.2) is 30.1 Å². The van der Waals surface area contributed by atoms with Crippen LogP contribution >= 0.6 is 0 Å². The molecule has 0 N–H and O–H groups in total. The van der Waals surface area contributed by atoms with Crippen molar-refractivity contribution in [1.82, 2.24) is 4.90 Å². The van der Waals surface area contributed by atoms with Crippen LogP contribution in [0.15, 0.2) is 0 Å². The fourth-order valence-electron chi connectivity index (χ4n) is 9.76. The number of nitrogens with zero attached hydrogens (tertiary/aromatic N) is 1. The normalized spacial score (nSPS) is 23.1. The topological polar surface area (TPSA) is 20.3 Å². The van der Waals surface area contributed by atoms with Gasteiger partial charge in [-0.1, -0.05) is 315 Å². The Morgan fingerprint density at radius 1 is 0.217 bits per heavy atom. The first kappa shape index (κ1) is 57.3. The van der Waals surface area contributed by atoms with Crippen LogP contribution in [0.5, 0.6) is 0 Å². The minimum Gasteiger partial charge on any atom is -0.335 e. The van der Waals surface area contributed by atoms with Crippen LogP contribution in [0.4, 0.5) is 13.2 Å². The zero-order valence-corrected chi connectivity index (χ0v) is 40.5. The van der Waals surface area contributed by atoms with Crippen LogP contribution < -0.4 is 0 Å². The Balaban J connectivity index is 0.000000605. The fourth-order valence-corrected chi connectivity index (χ4v) is 9.76. The van der Waals surface area contributed by atoms with Crippen LogP contribution in [0.1, 0.15) is 327 Å². The van der Waals surface area contributed by atoms with E-state index in [0.717, 1.165) is 43.4 Å². The van der Waals surface area contributed by atoms with Crippen molar-refractivity contribution in [2.75, 3.05) is 13.1 Å². The zero-order valence-electron chi connectivity index (χ0n) is 40.5. The maximum atomic E-state index is 12.9. The summed E-state index contributed by atoms with van der Waals surface area (Å²) in [5.74, 6) is -1.65. The molecule has 0 aromatic carbocycles. The summed E-state index contributed by atoms with van der Waals surface area (Å²) in [5.41, 5.74) is 0. The van der Waals surface area contributed by atoms with Crippen LogP contribution in [0.2, 0.25) is 0 Å². The van der Waals surface area contributed by atoms with Crippen molar-refractivity contribution >= 4 is 5.91 Å². The number of carbonyl (C=O) groups is 1. The Morgan fingerprint density at radius 3 is 0.417 bits per heavy atom. The Labute approximate surface area is 374 Å². The predicted octanol–water partition coefficient (Wildman–Crippen LogP) is 20.3. The maximum Gasteiger partial charge on any atom is 0.471 e. The molecule has 0 aromatic heterocycles. The molecule has 0 radical (unpaired) electrons. The third kappa shape index (κ3) is 42.6. The Kier molecular flexibility index (Phi) is 44.2. The number of rotatable bonds is 0. The van der Waals surface area contributed by atoms with E-state index < -0.39 is 12.1 Å². The molecule has 0 atom stereocenters. The Bertz CT molecular complexity index is 685. The number of hydrogen-bond donors (Lipinski definition) is 0. The van der Waals surface area contributed by atoms with E-state index in [1.165, 1.54) is 276 Å². The van der Waals surface area contributed by atoms with Crippen LogP contribution in [0, 0.1) is 0 Å². The summed E-state index contributed by atoms with van der Waals surface area (Å²) in [4.78, 5) is 12.8. The van der Waals surface area contributed by atoms with Gasteiger partial charge in [0.25, 0.3) is 0 Å². The quantitative estimate of drug-likeness (QED) is 0.238. The summed E-state index contributed by atoms with van der Waals surface area (Å²) in [6.45, 7) is 0.497.